The summed E-state index contributed by atoms with van der Waals surface area (Å²) in [4.78, 5) is 21.9. The van der Waals surface area contributed by atoms with Crippen molar-refractivity contribution in [3.8, 4) is 11.8 Å². The van der Waals surface area contributed by atoms with E-state index < -0.39 is 34.7 Å². The van der Waals surface area contributed by atoms with E-state index in [-0.39, 0.29) is 16.5 Å². The predicted molar refractivity (Wildman–Crippen MR) is 131 cm³/mol. The van der Waals surface area contributed by atoms with Gasteiger partial charge in [-0.1, -0.05) is 0 Å². The van der Waals surface area contributed by atoms with Crippen molar-refractivity contribution in [2.75, 3.05) is 36.0 Å². The molecule has 3 aliphatic rings. The molecule has 0 radical (unpaired) electrons. The summed E-state index contributed by atoms with van der Waals surface area (Å²) in [5.41, 5.74) is -3.06. The molecule has 0 bridgehead atoms. The van der Waals surface area contributed by atoms with Gasteiger partial charge in [0.1, 0.15) is 18.2 Å². The fraction of sp³-hybridized carbons (Fsp3) is 0.440. The average molecular weight is 534 g/mol. The van der Waals surface area contributed by atoms with Crippen LogP contribution in [0.5, 0.6) is 5.75 Å². The summed E-state index contributed by atoms with van der Waals surface area (Å²) < 4.78 is 61.2. The Hall–Kier alpha value is -3.30. The first-order valence-electron chi connectivity index (χ1n) is 12.0. The van der Waals surface area contributed by atoms with Gasteiger partial charge in [0.25, 0.3) is 5.91 Å². The Balaban J connectivity index is 1.42. The maximum absolute atomic E-state index is 15.0. The van der Waals surface area contributed by atoms with E-state index in [4.69, 9.17) is 22.2 Å². The standard InChI is InChI=1S/C25H23F4N5O2S/c26-19-13-16(4-5-21(19)36-11-10-32-8-1-2-9-32)34-23(37)33(22(35)24(34)6-3-7-24)17-12-18(25(27,28)29)20(14-30)31-15-17/h4-5,12-13,15H,1-3,6-11H2. The molecule has 194 valence electrons. The first-order chi connectivity index (χ1) is 17.7. The summed E-state index contributed by atoms with van der Waals surface area (Å²) >= 11 is 5.56. The monoisotopic (exact) mass is 533 g/mol. The van der Waals surface area contributed by atoms with Crippen LogP contribution in [0.2, 0.25) is 0 Å². The lowest BCUT2D eigenvalue weighted by molar-refractivity contribution is -0.138. The number of carbonyl (C=O) groups is 1. The number of rotatable bonds is 6. The third-order valence-electron chi connectivity index (χ3n) is 7.17. The van der Waals surface area contributed by atoms with Crippen LogP contribution in [0, 0.1) is 17.1 Å². The number of carbonyl (C=O) groups excluding carboxylic acids is 1. The molecule has 1 aliphatic carbocycles. The van der Waals surface area contributed by atoms with E-state index in [2.05, 4.69) is 9.88 Å². The van der Waals surface area contributed by atoms with Crippen LogP contribution < -0.4 is 14.5 Å². The SMILES string of the molecule is N#Cc1ncc(N2C(=O)C3(CCC3)N(c3ccc(OCCN4CCCC4)c(F)c3)C2=S)cc1C(F)(F)F. The van der Waals surface area contributed by atoms with Crippen molar-refractivity contribution in [3.05, 3.63) is 47.5 Å². The van der Waals surface area contributed by atoms with E-state index in [0.717, 1.165) is 37.0 Å². The minimum Gasteiger partial charge on any atom is -0.489 e. The molecule has 2 aliphatic heterocycles. The number of aromatic nitrogens is 1. The van der Waals surface area contributed by atoms with Crippen LogP contribution >= 0.6 is 12.2 Å². The van der Waals surface area contributed by atoms with Crippen LogP contribution in [0.4, 0.5) is 28.9 Å². The average Bonchev–Trinajstić information content (AvgIpc) is 3.43. The predicted octanol–water partition coefficient (Wildman–Crippen LogP) is 4.65. The van der Waals surface area contributed by atoms with Gasteiger partial charge in [0.2, 0.25) is 0 Å². The minimum absolute atomic E-state index is 0.0741. The van der Waals surface area contributed by atoms with Gasteiger partial charge < -0.3 is 9.64 Å². The maximum atomic E-state index is 15.0. The molecular weight excluding hydrogens is 510 g/mol. The van der Waals surface area contributed by atoms with Gasteiger partial charge in [-0.05, 0) is 75.6 Å². The number of amides is 1. The van der Waals surface area contributed by atoms with Gasteiger partial charge in [0.05, 0.1) is 17.4 Å². The number of alkyl halides is 3. The number of hydrogen-bond donors (Lipinski definition) is 0. The highest BCUT2D eigenvalue weighted by Gasteiger charge is 2.59. The number of thiocarbonyl (C=S) groups is 1. The van der Waals surface area contributed by atoms with E-state index in [1.165, 1.54) is 23.1 Å². The van der Waals surface area contributed by atoms with Crippen molar-refractivity contribution in [3.63, 3.8) is 0 Å². The topological polar surface area (TPSA) is 72.7 Å². The van der Waals surface area contributed by atoms with E-state index >= 15 is 4.39 Å². The molecule has 37 heavy (non-hydrogen) atoms. The van der Waals surface area contributed by atoms with Gasteiger partial charge >= 0.3 is 6.18 Å². The summed E-state index contributed by atoms with van der Waals surface area (Å²) in [5, 5.41) is 8.97. The Kier molecular flexibility index (Phi) is 6.53. The normalized spacial score (nSPS) is 19.4. The summed E-state index contributed by atoms with van der Waals surface area (Å²) in [6.45, 7) is 3.04. The molecule has 1 aromatic heterocycles. The van der Waals surface area contributed by atoms with Crippen LogP contribution in [0.1, 0.15) is 43.4 Å². The molecule has 0 unspecified atom stereocenters. The van der Waals surface area contributed by atoms with Crippen molar-refractivity contribution in [1.82, 2.24) is 9.88 Å². The van der Waals surface area contributed by atoms with E-state index in [1.807, 2.05) is 0 Å². The fourth-order valence-corrected chi connectivity index (χ4v) is 5.59. The van der Waals surface area contributed by atoms with Gasteiger partial charge in [-0.15, -0.1) is 0 Å². The van der Waals surface area contributed by atoms with Crippen molar-refractivity contribution in [2.45, 2.75) is 43.8 Å². The summed E-state index contributed by atoms with van der Waals surface area (Å²) in [6.07, 6.45) is -0.00913. The van der Waals surface area contributed by atoms with Crippen LogP contribution in [0.25, 0.3) is 0 Å². The number of ether oxygens (including phenoxy) is 1. The van der Waals surface area contributed by atoms with Crippen LogP contribution in [-0.2, 0) is 11.0 Å². The first kappa shape index (κ1) is 25.4. The minimum atomic E-state index is -4.85. The summed E-state index contributed by atoms with van der Waals surface area (Å²) in [6, 6.07) is 6.42. The van der Waals surface area contributed by atoms with Crippen LogP contribution in [-0.4, -0.2) is 52.7 Å². The van der Waals surface area contributed by atoms with Gasteiger partial charge in [-0.2, -0.15) is 18.4 Å². The second-order valence-electron chi connectivity index (χ2n) is 9.35. The second kappa shape index (κ2) is 9.54. The molecule has 1 saturated carbocycles. The molecule has 1 aromatic carbocycles. The smallest absolute Gasteiger partial charge is 0.419 e. The van der Waals surface area contributed by atoms with Crippen molar-refractivity contribution in [2.24, 2.45) is 0 Å². The van der Waals surface area contributed by atoms with Gasteiger partial charge in [-0.3, -0.25) is 14.6 Å². The van der Waals surface area contributed by atoms with Crippen LogP contribution in [0.15, 0.2) is 30.5 Å². The number of hydrogen-bond acceptors (Lipinski definition) is 6. The van der Waals surface area contributed by atoms with Gasteiger partial charge in [0.15, 0.2) is 22.4 Å². The Morgan fingerprint density at radius 2 is 1.86 bits per heavy atom. The number of benzene rings is 1. The third-order valence-corrected chi connectivity index (χ3v) is 7.54. The Morgan fingerprint density at radius 3 is 2.46 bits per heavy atom. The van der Waals surface area contributed by atoms with Gasteiger partial charge in [-0.25, -0.2) is 9.37 Å². The zero-order valence-corrected chi connectivity index (χ0v) is 20.5. The number of anilines is 2. The molecule has 7 nitrogen and oxygen atoms in total. The molecule has 1 amide bonds. The third kappa shape index (κ3) is 4.40. The highest BCUT2D eigenvalue weighted by molar-refractivity contribution is 7.81. The fourth-order valence-electron chi connectivity index (χ4n) is 5.13. The molecule has 1 spiro atoms. The molecule has 0 atom stereocenters. The number of nitrogens with zero attached hydrogens (tertiary/aromatic N) is 5. The zero-order chi connectivity index (χ0) is 26.4. The molecule has 3 heterocycles. The van der Waals surface area contributed by atoms with Crippen LogP contribution in [0.3, 0.4) is 0 Å². The maximum Gasteiger partial charge on any atom is 0.419 e. The lowest BCUT2D eigenvalue weighted by Crippen LogP contribution is -2.55. The molecule has 3 fully saturated rings. The highest BCUT2D eigenvalue weighted by atomic mass is 32.1. The molecule has 2 saturated heterocycles. The Labute approximate surface area is 216 Å². The number of pyridine rings is 1. The Bertz CT molecular complexity index is 1280. The van der Waals surface area contributed by atoms with E-state index in [1.54, 1.807) is 6.07 Å². The molecule has 2 aromatic rings. The second-order valence-corrected chi connectivity index (χ2v) is 9.72. The number of nitriles is 1. The molecular formula is C25H23F4N5O2S. The molecule has 0 N–H and O–H groups in total. The molecule has 12 heteroatoms. The summed E-state index contributed by atoms with van der Waals surface area (Å²) in [7, 11) is 0. The highest BCUT2D eigenvalue weighted by Crippen LogP contribution is 2.48. The van der Waals surface area contributed by atoms with Crippen molar-refractivity contribution in [1.29, 1.82) is 5.26 Å². The quantitative estimate of drug-likeness (QED) is 0.396. The zero-order valence-electron chi connectivity index (χ0n) is 19.7. The lowest BCUT2D eigenvalue weighted by atomic mass is 9.75. The van der Waals surface area contributed by atoms with E-state index in [9.17, 15) is 18.0 Å². The van der Waals surface area contributed by atoms with Crippen molar-refractivity contribution < 1.29 is 27.1 Å². The molecule has 5 rings (SSSR count). The largest absolute Gasteiger partial charge is 0.489 e. The van der Waals surface area contributed by atoms with Crippen molar-refractivity contribution >= 4 is 34.6 Å². The van der Waals surface area contributed by atoms with Gasteiger partial charge in [0, 0.05) is 18.3 Å². The summed E-state index contributed by atoms with van der Waals surface area (Å²) in [5.74, 6) is -1.05. The number of halogens is 4. The first-order valence-corrected chi connectivity index (χ1v) is 12.4. The van der Waals surface area contributed by atoms with E-state index in [0.29, 0.717) is 44.2 Å². The Morgan fingerprint density at radius 1 is 1.14 bits per heavy atom. The number of likely N-dealkylation sites (tertiary alicyclic amines) is 1. The lowest BCUT2D eigenvalue weighted by Gasteiger charge is -2.43.